The molecule has 0 spiro atoms. The molecule has 3 nitrogen and oxygen atoms in total. The van der Waals surface area contributed by atoms with E-state index in [4.69, 9.17) is 0 Å². The van der Waals surface area contributed by atoms with Crippen LogP contribution in [-0.2, 0) is 11.2 Å². The van der Waals surface area contributed by atoms with Crippen molar-refractivity contribution in [1.29, 1.82) is 0 Å². The van der Waals surface area contributed by atoms with E-state index in [1.807, 2.05) is 30.3 Å². The van der Waals surface area contributed by atoms with Gasteiger partial charge >= 0.3 is 0 Å². The van der Waals surface area contributed by atoms with Crippen LogP contribution in [0.25, 0.3) is 10.9 Å². The lowest BCUT2D eigenvalue weighted by Crippen LogP contribution is -2.47. The van der Waals surface area contributed by atoms with Crippen molar-refractivity contribution in [3.8, 4) is 0 Å². The Morgan fingerprint density at radius 3 is 2.89 bits per heavy atom. The van der Waals surface area contributed by atoms with Crippen LogP contribution in [0, 0.1) is 11.8 Å². The van der Waals surface area contributed by atoms with Gasteiger partial charge in [0.15, 0.2) is 0 Å². The van der Waals surface area contributed by atoms with Gasteiger partial charge in [-0.2, -0.15) is 0 Å². The number of benzene rings is 1. The van der Waals surface area contributed by atoms with Crippen LogP contribution in [-0.4, -0.2) is 23.9 Å². The second-order valence-corrected chi connectivity index (χ2v) is 5.34. The van der Waals surface area contributed by atoms with Crippen molar-refractivity contribution in [1.82, 2.24) is 10.3 Å². The highest BCUT2D eigenvalue weighted by molar-refractivity contribution is 5.90. The van der Waals surface area contributed by atoms with Crippen molar-refractivity contribution in [3.05, 3.63) is 42.1 Å². The van der Waals surface area contributed by atoms with Crippen molar-refractivity contribution in [2.45, 2.75) is 13.3 Å². The lowest BCUT2D eigenvalue weighted by Gasteiger charge is -2.31. The van der Waals surface area contributed by atoms with Crippen molar-refractivity contribution < 1.29 is 4.79 Å². The van der Waals surface area contributed by atoms with E-state index in [0.29, 0.717) is 18.1 Å². The molecule has 0 bridgehead atoms. The van der Waals surface area contributed by atoms with Gasteiger partial charge in [0.1, 0.15) is 5.78 Å². The van der Waals surface area contributed by atoms with E-state index in [2.05, 4.69) is 17.2 Å². The summed E-state index contributed by atoms with van der Waals surface area (Å²) in [6.45, 7) is 4.01. The standard InChI is InChI=1S/C16H18N2O/c1-11(13-9-17-10-13)16(19)8-12-6-7-18-15-5-3-2-4-14(12)15/h2-7,11,13,17H,8-10H2,1H3. The summed E-state index contributed by atoms with van der Waals surface area (Å²) in [6.07, 6.45) is 2.31. The number of aromatic nitrogens is 1. The normalized spacial score (nSPS) is 17.1. The van der Waals surface area contributed by atoms with Crippen LogP contribution in [0.1, 0.15) is 12.5 Å². The smallest absolute Gasteiger partial charge is 0.140 e. The Balaban J connectivity index is 1.82. The topological polar surface area (TPSA) is 42.0 Å². The lowest BCUT2D eigenvalue weighted by atomic mass is 9.83. The maximum Gasteiger partial charge on any atom is 0.140 e. The first-order valence-corrected chi connectivity index (χ1v) is 6.82. The summed E-state index contributed by atoms with van der Waals surface area (Å²) in [4.78, 5) is 16.7. The molecule has 1 unspecified atom stereocenters. The fraction of sp³-hybridized carbons (Fsp3) is 0.375. The van der Waals surface area contributed by atoms with E-state index in [1.165, 1.54) is 0 Å². The van der Waals surface area contributed by atoms with Gasteiger partial charge in [0.2, 0.25) is 0 Å². The number of Topliss-reactive ketones (excluding diaryl/α,β-unsaturated/α-hetero) is 1. The summed E-state index contributed by atoms with van der Waals surface area (Å²) in [7, 11) is 0. The molecular weight excluding hydrogens is 236 g/mol. The van der Waals surface area contributed by atoms with Crippen molar-refractivity contribution >= 4 is 16.7 Å². The molecule has 1 N–H and O–H groups in total. The Morgan fingerprint density at radius 2 is 2.16 bits per heavy atom. The van der Waals surface area contributed by atoms with Gasteiger partial charge in [-0.1, -0.05) is 25.1 Å². The van der Waals surface area contributed by atoms with Crippen LogP contribution in [0.2, 0.25) is 0 Å². The fourth-order valence-corrected chi connectivity index (χ4v) is 2.59. The van der Waals surface area contributed by atoms with Crippen molar-refractivity contribution in [3.63, 3.8) is 0 Å². The zero-order valence-corrected chi connectivity index (χ0v) is 11.1. The Bertz CT molecular complexity index is 599. The predicted octanol–water partition coefficient (Wildman–Crippen LogP) is 2.20. The SMILES string of the molecule is CC(C(=O)Cc1ccnc2ccccc12)C1CNC1. The van der Waals surface area contributed by atoms with Crippen LogP contribution in [0.3, 0.4) is 0 Å². The molecule has 2 heterocycles. The van der Waals surface area contributed by atoms with Gasteiger partial charge in [-0.25, -0.2) is 0 Å². The largest absolute Gasteiger partial charge is 0.316 e. The van der Waals surface area contributed by atoms with E-state index in [0.717, 1.165) is 29.6 Å². The van der Waals surface area contributed by atoms with E-state index in [9.17, 15) is 4.79 Å². The molecule has 3 rings (SSSR count). The van der Waals surface area contributed by atoms with E-state index in [1.54, 1.807) is 6.20 Å². The molecule has 2 aromatic rings. The summed E-state index contributed by atoms with van der Waals surface area (Å²) >= 11 is 0. The van der Waals surface area contributed by atoms with E-state index < -0.39 is 0 Å². The van der Waals surface area contributed by atoms with Gasteiger partial charge in [-0.15, -0.1) is 0 Å². The number of pyridine rings is 1. The summed E-state index contributed by atoms with van der Waals surface area (Å²) in [6, 6.07) is 9.97. The van der Waals surface area contributed by atoms with Crippen LogP contribution in [0.15, 0.2) is 36.5 Å². The molecule has 0 amide bonds. The number of para-hydroxylation sites is 1. The number of carbonyl (C=O) groups excluding carboxylic acids is 1. The molecule has 1 aliphatic heterocycles. The third-order valence-electron chi connectivity index (χ3n) is 4.13. The maximum atomic E-state index is 12.3. The summed E-state index contributed by atoms with van der Waals surface area (Å²) < 4.78 is 0. The minimum atomic E-state index is 0.146. The number of nitrogens with zero attached hydrogens (tertiary/aromatic N) is 1. The molecule has 98 valence electrons. The van der Waals surface area contributed by atoms with E-state index in [-0.39, 0.29) is 5.92 Å². The molecule has 0 saturated carbocycles. The first kappa shape index (κ1) is 12.3. The average Bonchev–Trinajstić information content (AvgIpc) is 2.37. The minimum absolute atomic E-state index is 0.146. The lowest BCUT2D eigenvalue weighted by molar-refractivity contribution is -0.123. The second kappa shape index (κ2) is 5.10. The molecule has 1 aliphatic rings. The first-order chi connectivity index (χ1) is 9.25. The molecule has 3 heteroatoms. The maximum absolute atomic E-state index is 12.3. The molecule has 19 heavy (non-hydrogen) atoms. The molecular formula is C16H18N2O. The summed E-state index contributed by atoms with van der Waals surface area (Å²) in [5.41, 5.74) is 2.06. The summed E-state index contributed by atoms with van der Waals surface area (Å²) in [5, 5.41) is 4.32. The quantitative estimate of drug-likeness (QED) is 0.909. The fourth-order valence-electron chi connectivity index (χ4n) is 2.59. The zero-order valence-electron chi connectivity index (χ0n) is 11.1. The Morgan fingerprint density at radius 1 is 1.37 bits per heavy atom. The van der Waals surface area contributed by atoms with Gasteiger partial charge in [0.05, 0.1) is 5.52 Å². The summed E-state index contributed by atoms with van der Waals surface area (Å²) in [5.74, 6) is 0.997. The predicted molar refractivity (Wildman–Crippen MR) is 76.0 cm³/mol. The van der Waals surface area contributed by atoms with Crippen LogP contribution >= 0.6 is 0 Å². The highest BCUT2D eigenvalue weighted by Gasteiger charge is 2.28. The third-order valence-corrected chi connectivity index (χ3v) is 4.13. The first-order valence-electron chi connectivity index (χ1n) is 6.82. The number of hydrogen-bond donors (Lipinski definition) is 1. The molecule has 1 aromatic heterocycles. The number of rotatable bonds is 4. The average molecular weight is 254 g/mol. The van der Waals surface area contributed by atoms with Crippen LogP contribution in [0.4, 0.5) is 0 Å². The molecule has 1 atom stereocenters. The number of fused-ring (bicyclic) bond motifs is 1. The van der Waals surface area contributed by atoms with Crippen LogP contribution < -0.4 is 5.32 Å². The number of ketones is 1. The molecule has 1 aromatic carbocycles. The van der Waals surface area contributed by atoms with E-state index >= 15 is 0 Å². The Hall–Kier alpha value is -1.74. The minimum Gasteiger partial charge on any atom is -0.316 e. The molecule has 0 radical (unpaired) electrons. The van der Waals surface area contributed by atoms with Gasteiger partial charge in [0, 0.05) is 23.9 Å². The number of nitrogens with one attached hydrogen (secondary N) is 1. The number of carbonyl (C=O) groups is 1. The Kier molecular flexibility index (Phi) is 3.30. The molecule has 1 fully saturated rings. The highest BCUT2D eigenvalue weighted by atomic mass is 16.1. The zero-order chi connectivity index (χ0) is 13.2. The van der Waals surface area contributed by atoms with Gasteiger partial charge in [-0.3, -0.25) is 9.78 Å². The third kappa shape index (κ3) is 2.38. The Labute approximate surface area is 113 Å². The van der Waals surface area contributed by atoms with Gasteiger partial charge in [0.25, 0.3) is 0 Å². The van der Waals surface area contributed by atoms with Crippen LogP contribution in [0.5, 0.6) is 0 Å². The van der Waals surface area contributed by atoms with Gasteiger partial charge < -0.3 is 5.32 Å². The van der Waals surface area contributed by atoms with Crippen molar-refractivity contribution in [2.75, 3.05) is 13.1 Å². The monoisotopic (exact) mass is 254 g/mol. The highest BCUT2D eigenvalue weighted by Crippen LogP contribution is 2.22. The number of hydrogen-bond acceptors (Lipinski definition) is 3. The van der Waals surface area contributed by atoms with Crippen molar-refractivity contribution in [2.24, 2.45) is 11.8 Å². The van der Waals surface area contributed by atoms with Gasteiger partial charge in [-0.05, 0) is 36.7 Å². The molecule has 1 saturated heterocycles. The molecule has 0 aliphatic carbocycles. The second-order valence-electron chi connectivity index (χ2n) is 5.34.